The van der Waals surface area contributed by atoms with Crippen molar-refractivity contribution in [3.8, 4) is 10.4 Å². The molecule has 1 amide bonds. The van der Waals surface area contributed by atoms with Gasteiger partial charge in [0, 0.05) is 31.5 Å². The van der Waals surface area contributed by atoms with Crippen LogP contribution in [0, 0.1) is 0 Å². The number of carbonyl (C=O) groups excluding carboxylic acids is 1. The normalized spacial score (nSPS) is 16.5. The van der Waals surface area contributed by atoms with Gasteiger partial charge in [-0.2, -0.15) is 0 Å². The second kappa shape index (κ2) is 8.14. The molecule has 1 aromatic carbocycles. The van der Waals surface area contributed by atoms with Crippen LogP contribution in [0.15, 0.2) is 52.7 Å². The van der Waals surface area contributed by atoms with Gasteiger partial charge in [0.05, 0.1) is 14.9 Å². The van der Waals surface area contributed by atoms with Crippen molar-refractivity contribution in [1.82, 2.24) is 19.9 Å². The third-order valence-electron chi connectivity index (χ3n) is 4.56. The van der Waals surface area contributed by atoms with Gasteiger partial charge in [0.2, 0.25) is 5.95 Å². The highest BCUT2D eigenvalue weighted by molar-refractivity contribution is 9.10. The molecular formula is C19H18BrN5OS. The second-order valence-corrected chi connectivity index (χ2v) is 8.07. The Labute approximate surface area is 169 Å². The lowest BCUT2D eigenvalue weighted by Gasteiger charge is -2.24. The highest BCUT2D eigenvalue weighted by Gasteiger charge is 2.32. The fraction of sp³-hybridized carbons (Fsp3) is 0.263. The Morgan fingerprint density at radius 3 is 2.78 bits per heavy atom. The third-order valence-corrected chi connectivity index (χ3v) is 5.85. The molecule has 8 heteroatoms. The Hall–Kier alpha value is -2.32. The minimum absolute atomic E-state index is 0.00359. The molecule has 27 heavy (non-hydrogen) atoms. The van der Waals surface area contributed by atoms with E-state index in [2.05, 4.69) is 36.2 Å². The molecule has 0 saturated carbocycles. The van der Waals surface area contributed by atoms with Crippen LogP contribution in [0.4, 0.5) is 5.95 Å². The second-order valence-electron chi connectivity index (χ2n) is 6.30. The average Bonchev–Trinajstić information content (AvgIpc) is 3.37. The van der Waals surface area contributed by atoms with Gasteiger partial charge in [0.1, 0.15) is 5.69 Å². The topological polar surface area (TPSA) is 71.0 Å². The highest BCUT2D eigenvalue weighted by atomic mass is 79.9. The van der Waals surface area contributed by atoms with E-state index >= 15 is 0 Å². The van der Waals surface area contributed by atoms with E-state index in [-0.39, 0.29) is 11.9 Å². The molecule has 1 aliphatic rings. The van der Waals surface area contributed by atoms with Crippen LogP contribution in [0.5, 0.6) is 0 Å². The smallest absolute Gasteiger partial charge is 0.274 e. The summed E-state index contributed by atoms with van der Waals surface area (Å²) in [5.41, 5.74) is 3.31. The molecule has 1 N–H and O–H groups in total. The maximum Gasteiger partial charge on any atom is 0.274 e. The molecule has 3 heterocycles. The lowest BCUT2D eigenvalue weighted by molar-refractivity contribution is 0.0739. The number of nitrogens with one attached hydrogen (secondary N) is 1. The van der Waals surface area contributed by atoms with Crippen molar-refractivity contribution in [2.24, 2.45) is 0 Å². The molecule has 4 rings (SSSR count). The first-order chi connectivity index (χ1) is 13.2. The average molecular weight is 444 g/mol. The summed E-state index contributed by atoms with van der Waals surface area (Å²) in [6.45, 7) is 1.37. The summed E-state index contributed by atoms with van der Waals surface area (Å²) in [6.07, 6.45) is 5.35. The number of aromatic nitrogens is 3. The molecular weight excluding hydrogens is 426 g/mol. The van der Waals surface area contributed by atoms with Crippen molar-refractivity contribution in [2.75, 3.05) is 18.4 Å². The summed E-state index contributed by atoms with van der Waals surface area (Å²) in [4.78, 5) is 28.9. The number of carbonyl (C=O) groups is 1. The van der Waals surface area contributed by atoms with Crippen molar-refractivity contribution in [2.45, 2.75) is 18.9 Å². The third kappa shape index (κ3) is 4.01. The van der Waals surface area contributed by atoms with Crippen molar-refractivity contribution >= 4 is 39.1 Å². The quantitative estimate of drug-likeness (QED) is 0.642. The highest BCUT2D eigenvalue weighted by Crippen LogP contribution is 2.30. The maximum absolute atomic E-state index is 13.2. The number of halogens is 1. The standard InChI is InChI=1S/C19H18BrN5OS/c20-14-9-21-19(22-10-14)23-11-15-7-4-8-25(15)18(26)16-17(27-12-24-16)13-5-2-1-3-6-13/h1-3,5-6,9-10,12,15H,4,7-8,11H2,(H,21,22,23)/t15-/m0/s1. The Balaban J connectivity index is 1.48. The zero-order valence-corrected chi connectivity index (χ0v) is 16.9. The lowest BCUT2D eigenvalue weighted by atomic mass is 10.1. The largest absolute Gasteiger partial charge is 0.352 e. The first kappa shape index (κ1) is 18.1. The van der Waals surface area contributed by atoms with Crippen molar-refractivity contribution in [3.63, 3.8) is 0 Å². The van der Waals surface area contributed by atoms with Crippen LogP contribution in [0.3, 0.4) is 0 Å². The van der Waals surface area contributed by atoms with Gasteiger partial charge in [-0.1, -0.05) is 30.3 Å². The van der Waals surface area contributed by atoms with Crippen LogP contribution in [0.25, 0.3) is 10.4 Å². The molecule has 1 fully saturated rings. The number of hydrogen-bond donors (Lipinski definition) is 1. The molecule has 0 aliphatic carbocycles. The van der Waals surface area contributed by atoms with Gasteiger partial charge >= 0.3 is 0 Å². The molecule has 1 aliphatic heterocycles. The van der Waals surface area contributed by atoms with Crippen LogP contribution in [0.2, 0.25) is 0 Å². The molecule has 2 aromatic heterocycles. The molecule has 0 spiro atoms. The summed E-state index contributed by atoms with van der Waals surface area (Å²) in [7, 11) is 0. The monoisotopic (exact) mass is 443 g/mol. The maximum atomic E-state index is 13.2. The van der Waals surface area contributed by atoms with E-state index in [0.29, 0.717) is 18.2 Å². The molecule has 6 nitrogen and oxygen atoms in total. The molecule has 0 radical (unpaired) electrons. The van der Waals surface area contributed by atoms with E-state index in [1.807, 2.05) is 35.2 Å². The number of benzene rings is 1. The molecule has 1 saturated heterocycles. The zero-order valence-electron chi connectivity index (χ0n) is 14.5. The number of likely N-dealkylation sites (tertiary alicyclic amines) is 1. The van der Waals surface area contributed by atoms with Crippen molar-refractivity contribution in [1.29, 1.82) is 0 Å². The van der Waals surface area contributed by atoms with Crippen LogP contribution in [-0.2, 0) is 0 Å². The fourth-order valence-corrected chi connectivity index (χ4v) is 4.25. The van der Waals surface area contributed by atoms with Gasteiger partial charge in [0.25, 0.3) is 5.91 Å². The van der Waals surface area contributed by atoms with Crippen molar-refractivity contribution in [3.05, 3.63) is 58.4 Å². The number of rotatable bonds is 5. The SMILES string of the molecule is O=C(c1ncsc1-c1ccccc1)N1CCC[C@H]1CNc1ncc(Br)cn1. The number of anilines is 1. The summed E-state index contributed by atoms with van der Waals surface area (Å²) < 4.78 is 0.836. The van der Waals surface area contributed by atoms with E-state index < -0.39 is 0 Å². The first-order valence-electron chi connectivity index (χ1n) is 8.73. The predicted octanol–water partition coefficient (Wildman–Crippen LogP) is 4.08. The first-order valence-corrected chi connectivity index (χ1v) is 10.4. The van der Waals surface area contributed by atoms with Gasteiger partial charge in [0.15, 0.2) is 0 Å². The van der Waals surface area contributed by atoms with E-state index in [1.165, 1.54) is 11.3 Å². The Morgan fingerprint density at radius 2 is 2.00 bits per heavy atom. The number of nitrogens with zero attached hydrogens (tertiary/aromatic N) is 4. The summed E-state index contributed by atoms with van der Waals surface area (Å²) in [5.74, 6) is 0.562. The minimum Gasteiger partial charge on any atom is -0.352 e. The minimum atomic E-state index is -0.00359. The number of amides is 1. The Morgan fingerprint density at radius 1 is 1.22 bits per heavy atom. The van der Waals surface area contributed by atoms with Gasteiger partial charge in [-0.25, -0.2) is 15.0 Å². The Bertz CT molecular complexity index is 915. The summed E-state index contributed by atoms with van der Waals surface area (Å²) >= 11 is 4.83. The van der Waals surface area contributed by atoms with Crippen molar-refractivity contribution < 1.29 is 4.79 Å². The van der Waals surface area contributed by atoms with E-state index in [9.17, 15) is 4.79 Å². The zero-order chi connectivity index (χ0) is 18.6. The van der Waals surface area contributed by atoms with E-state index in [1.54, 1.807) is 17.9 Å². The van der Waals surface area contributed by atoms with Gasteiger partial charge in [-0.05, 0) is 34.3 Å². The number of thiazole rings is 1. The summed E-state index contributed by atoms with van der Waals surface area (Å²) in [6, 6.07) is 10.1. The molecule has 1 atom stereocenters. The van der Waals surface area contributed by atoms with Crippen LogP contribution in [-0.4, -0.2) is 44.9 Å². The van der Waals surface area contributed by atoms with E-state index in [0.717, 1.165) is 34.3 Å². The summed E-state index contributed by atoms with van der Waals surface area (Å²) in [5, 5.41) is 3.24. The van der Waals surface area contributed by atoms with Crippen LogP contribution in [0.1, 0.15) is 23.3 Å². The van der Waals surface area contributed by atoms with Gasteiger partial charge in [-0.15, -0.1) is 11.3 Å². The molecule has 138 valence electrons. The van der Waals surface area contributed by atoms with Crippen LogP contribution < -0.4 is 5.32 Å². The molecule has 0 unspecified atom stereocenters. The molecule has 3 aromatic rings. The Kier molecular flexibility index (Phi) is 5.45. The fourth-order valence-electron chi connectivity index (χ4n) is 3.26. The van der Waals surface area contributed by atoms with Gasteiger partial charge < -0.3 is 10.2 Å². The van der Waals surface area contributed by atoms with Crippen LogP contribution >= 0.6 is 27.3 Å². The predicted molar refractivity (Wildman–Crippen MR) is 110 cm³/mol. The number of hydrogen-bond acceptors (Lipinski definition) is 6. The van der Waals surface area contributed by atoms with E-state index in [4.69, 9.17) is 0 Å². The van der Waals surface area contributed by atoms with Gasteiger partial charge in [-0.3, -0.25) is 4.79 Å². The lowest BCUT2D eigenvalue weighted by Crippen LogP contribution is -2.40. The molecule has 0 bridgehead atoms.